The number of hydrogen-bond donors (Lipinski definition) is 6. The SMILES string of the molecule is CCCCCCCCCCCCCCC/C=C/[C@@H](O)[C@H](CO[C@@H]1O[C@H](CO)[C@@H](O)C(O)C1O)NC(=O)CCCCCCCCCCCCCCCCCCCCCCCCCCCCC. The van der Waals surface area contributed by atoms with Crippen molar-refractivity contribution in [1.29, 1.82) is 0 Å². The average molecular weight is 924 g/mol. The van der Waals surface area contributed by atoms with Crippen LogP contribution in [0.25, 0.3) is 0 Å². The largest absolute Gasteiger partial charge is 0.394 e. The Hall–Kier alpha value is -1.07. The fourth-order valence-electron chi connectivity index (χ4n) is 9.34. The van der Waals surface area contributed by atoms with Crippen LogP contribution in [0.2, 0.25) is 0 Å². The second-order valence-corrected chi connectivity index (χ2v) is 20.1. The first-order valence-corrected chi connectivity index (χ1v) is 28.4. The van der Waals surface area contributed by atoms with Gasteiger partial charge in [-0.2, -0.15) is 0 Å². The van der Waals surface area contributed by atoms with Gasteiger partial charge in [0.05, 0.1) is 25.4 Å². The smallest absolute Gasteiger partial charge is 0.220 e. The van der Waals surface area contributed by atoms with Crippen LogP contribution in [0.4, 0.5) is 0 Å². The molecule has 1 amide bonds. The molecule has 1 fully saturated rings. The van der Waals surface area contributed by atoms with Crippen molar-refractivity contribution >= 4 is 5.91 Å². The molecule has 1 saturated heterocycles. The summed E-state index contributed by atoms with van der Waals surface area (Å²) < 4.78 is 11.3. The van der Waals surface area contributed by atoms with Gasteiger partial charge in [-0.25, -0.2) is 0 Å². The quantitative estimate of drug-likeness (QED) is 0.0261. The number of carbonyl (C=O) groups is 1. The van der Waals surface area contributed by atoms with E-state index in [4.69, 9.17) is 9.47 Å². The number of allylic oxidation sites excluding steroid dienone is 1. The number of aliphatic hydroxyl groups excluding tert-OH is 5. The second-order valence-electron chi connectivity index (χ2n) is 20.1. The average Bonchev–Trinajstić information content (AvgIpc) is 3.31. The summed E-state index contributed by atoms with van der Waals surface area (Å²) in [6.07, 6.45) is 49.9. The minimum Gasteiger partial charge on any atom is -0.394 e. The zero-order valence-corrected chi connectivity index (χ0v) is 42.8. The Kier molecular flexibility index (Phi) is 44.5. The lowest BCUT2D eigenvalue weighted by Crippen LogP contribution is -2.60. The molecule has 0 spiro atoms. The molecular formula is C56H109NO8. The van der Waals surface area contributed by atoms with E-state index in [2.05, 4.69) is 19.2 Å². The molecular weight excluding hydrogens is 815 g/mol. The Morgan fingerprint density at radius 2 is 0.846 bits per heavy atom. The molecule has 0 aliphatic carbocycles. The normalized spacial score (nSPS) is 19.9. The Balaban J connectivity index is 2.17. The predicted octanol–water partition coefficient (Wildman–Crippen LogP) is 13.6. The number of aliphatic hydroxyl groups is 5. The number of ether oxygens (including phenoxy) is 2. The van der Waals surface area contributed by atoms with Crippen LogP contribution >= 0.6 is 0 Å². The van der Waals surface area contributed by atoms with Crippen molar-refractivity contribution < 1.29 is 39.8 Å². The summed E-state index contributed by atoms with van der Waals surface area (Å²) in [5, 5.41) is 54.4. The van der Waals surface area contributed by atoms with E-state index in [0.29, 0.717) is 6.42 Å². The van der Waals surface area contributed by atoms with Gasteiger partial charge in [-0.05, 0) is 19.3 Å². The van der Waals surface area contributed by atoms with Crippen LogP contribution in [-0.2, 0) is 14.3 Å². The summed E-state index contributed by atoms with van der Waals surface area (Å²) >= 11 is 0. The minimum absolute atomic E-state index is 0.170. The van der Waals surface area contributed by atoms with Crippen LogP contribution in [0, 0.1) is 0 Å². The maximum atomic E-state index is 13.0. The standard InChI is InChI=1S/C56H109NO8/c1-3-5-7-9-11-13-15-17-19-20-21-22-23-24-25-26-27-28-29-30-32-34-36-38-40-42-44-46-52(60)57-49(48-64-56-55(63)54(62)53(61)51(47-58)65-56)50(59)45-43-41-39-37-35-33-31-18-16-14-12-10-8-6-4-2/h43,45,49-51,53-56,58-59,61-63H,3-42,44,46-48H2,1-2H3,(H,57,60)/b45-43+/t49-,50+,51+,53+,54?,55?,56+/m0/s1. The summed E-state index contributed by atoms with van der Waals surface area (Å²) in [4.78, 5) is 13.0. The van der Waals surface area contributed by atoms with Crippen LogP contribution in [-0.4, -0.2) is 87.5 Å². The highest BCUT2D eigenvalue weighted by Gasteiger charge is 2.44. The Bertz CT molecular complexity index is 1030. The molecule has 1 heterocycles. The van der Waals surface area contributed by atoms with Gasteiger partial charge in [-0.1, -0.05) is 270 Å². The van der Waals surface area contributed by atoms with Crippen LogP contribution < -0.4 is 5.32 Å². The molecule has 9 heteroatoms. The van der Waals surface area contributed by atoms with Crippen molar-refractivity contribution in [2.75, 3.05) is 13.2 Å². The number of amides is 1. The predicted molar refractivity (Wildman–Crippen MR) is 272 cm³/mol. The lowest BCUT2D eigenvalue weighted by atomic mass is 9.99. The Labute approximate surface area is 401 Å². The fourth-order valence-corrected chi connectivity index (χ4v) is 9.34. The van der Waals surface area contributed by atoms with E-state index in [1.165, 1.54) is 225 Å². The summed E-state index contributed by atoms with van der Waals surface area (Å²) in [6, 6.07) is -0.799. The Morgan fingerprint density at radius 1 is 0.508 bits per heavy atom. The van der Waals surface area contributed by atoms with E-state index in [1.807, 2.05) is 6.08 Å². The first-order valence-electron chi connectivity index (χ1n) is 28.4. The van der Waals surface area contributed by atoms with Crippen molar-refractivity contribution in [2.45, 2.75) is 326 Å². The third-order valence-electron chi connectivity index (χ3n) is 13.9. The molecule has 0 saturated carbocycles. The molecule has 2 unspecified atom stereocenters. The van der Waals surface area contributed by atoms with E-state index < -0.39 is 49.5 Å². The highest BCUT2D eigenvalue weighted by Crippen LogP contribution is 2.23. The molecule has 386 valence electrons. The number of hydrogen-bond acceptors (Lipinski definition) is 8. The maximum absolute atomic E-state index is 13.0. The van der Waals surface area contributed by atoms with Gasteiger partial charge in [-0.15, -0.1) is 0 Å². The molecule has 0 aromatic rings. The third kappa shape index (κ3) is 36.6. The third-order valence-corrected chi connectivity index (χ3v) is 13.9. The molecule has 1 aliphatic rings. The van der Waals surface area contributed by atoms with E-state index in [0.717, 1.165) is 38.5 Å². The van der Waals surface area contributed by atoms with E-state index in [9.17, 15) is 30.3 Å². The van der Waals surface area contributed by atoms with Gasteiger partial charge >= 0.3 is 0 Å². The zero-order valence-electron chi connectivity index (χ0n) is 42.8. The van der Waals surface area contributed by atoms with Gasteiger partial charge in [0.25, 0.3) is 0 Å². The summed E-state index contributed by atoms with van der Waals surface area (Å²) in [5.41, 5.74) is 0. The molecule has 65 heavy (non-hydrogen) atoms. The molecule has 0 radical (unpaired) electrons. The number of nitrogens with one attached hydrogen (secondary N) is 1. The lowest BCUT2D eigenvalue weighted by molar-refractivity contribution is -0.302. The lowest BCUT2D eigenvalue weighted by Gasteiger charge is -2.40. The highest BCUT2D eigenvalue weighted by atomic mass is 16.7. The number of unbranched alkanes of at least 4 members (excludes halogenated alkanes) is 39. The first-order chi connectivity index (χ1) is 31.8. The molecule has 1 rings (SSSR count). The first kappa shape index (κ1) is 61.9. The Morgan fingerprint density at radius 3 is 1.20 bits per heavy atom. The van der Waals surface area contributed by atoms with Crippen molar-refractivity contribution in [3.8, 4) is 0 Å². The van der Waals surface area contributed by atoms with Crippen LogP contribution in [0.5, 0.6) is 0 Å². The van der Waals surface area contributed by atoms with Crippen LogP contribution in [0.3, 0.4) is 0 Å². The number of rotatable bonds is 49. The molecule has 0 aromatic heterocycles. The van der Waals surface area contributed by atoms with E-state index in [-0.39, 0.29) is 12.5 Å². The van der Waals surface area contributed by atoms with Gasteiger partial charge < -0.3 is 40.3 Å². The molecule has 9 nitrogen and oxygen atoms in total. The molecule has 7 atom stereocenters. The van der Waals surface area contributed by atoms with Crippen LogP contribution in [0.1, 0.15) is 284 Å². The molecule has 0 aromatic carbocycles. The van der Waals surface area contributed by atoms with Gasteiger partial charge in [0.15, 0.2) is 6.29 Å². The highest BCUT2D eigenvalue weighted by molar-refractivity contribution is 5.76. The molecule has 0 bridgehead atoms. The van der Waals surface area contributed by atoms with Gasteiger partial charge in [-0.3, -0.25) is 4.79 Å². The van der Waals surface area contributed by atoms with Crippen molar-refractivity contribution in [3.05, 3.63) is 12.2 Å². The monoisotopic (exact) mass is 924 g/mol. The van der Waals surface area contributed by atoms with Crippen molar-refractivity contribution in [3.63, 3.8) is 0 Å². The van der Waals surface area contributed by atoms with Gasteiger partial charge in [0.2, 0.25) is 5.91 Å². The summed E-state index contributed by atoms with van der Waals surface area (Å²) in [7, 11) is 0. The minimum atomic E-state index is -1.56. The molecule has 6 N–H and O–H groups in total. The van der Waals surface area contributed by atoms with E-state index >= 15 is 0 Å². The maximum Gasteiger partial charge on any atom is 0.220 e. The zero-order chi connectivity index (χ0) is 47.3. The summed E-state index contributed by atoms with van der Waals surface area (Å²) in [6.45, 7) is 3.81. The van der Waals surface area contributed by atoms with Crippen LogP contribution in [0.15, 0.2) is 12.2 Å². The summed E-state index contributed by atoms with van der Waals surface area (Å²) in [5.74, 6) is -0.170. The topological polar surface area (TPSA) is 149 Å². The van der Waals surface area contributed by atoms with Crippen molar-refractivity contribution in [1.82, 2.24) is 5.32 Å². The van der Waals surface area contributed by atoms with Gasteiger partial charge in [0.1, 0.15) is 24.4 Å². The molecule has 1 aliphatic heterocycles. The van der Waals surface area contributed by atoms with Gasteiger partial charge in [0, 0.05) is 6.42 Å². The fraction of sp³-hybridized carbons (Fsp3) is 0.946. The van der Waals surface area contributed by atoms with Crippen molar-refractivity contribution in [2.24, 2.45) is 0 Å². The van der Waals surface area contributed by atoms with E-state index in [1.54, 1.807) is 6.08 Å². The number of carbonyl (C=O) groups excluding carboxylic acids is 1. The second kappa shape index (κ2) is 46.6.